The zero-order valence-electron chi connectivity index (χ0n) is 12.8. The Hall–Kier alpha value is -0.570. The molecule has 0 aliphatic rings. The number of rotatable bonds is 10. The van der Waals surface area contributed by atoms with Crippen LogP contribution in [0.2, 0.25) is 0 Å². The highest BCUT2D eigenvalue weighted by molar-refractivity contribution is 5.77. The first-order valence-corrected chi connectivity index (χ1v) is 7.38. The van der Waals surface area contributed by atoms with E-state index in [1.165, 1.54) is 32.1 Å². The zero-order chi connectivity index (χ0) is 14.2. The molecule has 0 aromatic heterocycles. The van der Waals surface area contributed by atoms with Gasteiger partial charge in [-0.1, -0.05) is 46.0 Å². The SMILES string of the molecule is CCCCCCCC(C)N(CC)C(C)(C)C(=O)O. The van der Waals surface area contributed by atoms with Gasteiger partial charge < -0.3 is 5.11 Å². The number of nitrogens with zero attached hydrogens (tertiary/aromatic N) is 1. The number of hydrogen-bond acceptors (Lipinski definition) is 2. The number of hydrogen-bond donors (Lipinski definition) is 1. The van der Waals surface area contributed by atoms with Crippen molar-refractivity contribution in [1.29, 1.82) is 0 Å². The summed E-state index contributed by atoms with van der Waals surface area (Å²) in [7, 11) is 0. The molecule has 0 aliphatic heterocycles. The van der Waals surface area contributed by atoms with E-state index in [1.54, 1.807) is 13.8 Å². The lowest BCUT2D eigenvalue weighted by molar-refractivity contribution is -0.150. The average Bonchev–Trinajstić information content (AvgIpc) is 2.29. The second kappa shape index (κ2) is 8.52. The molecule has 3 nitrogen and oxygen atoms in total. The van der Waals surface area contributed by atoms with E-state index >= 15 is 0 Å². The van der Waals surface area contributed by atoms with Gasteiger partial charge in [-0.15, -0.1) is 0 Å². The van der Waals surface area contributed by atoms with Gasteiger partial charge in [0.15, 0.2) is 0 Å². The molecule has 1 atom stereocenters. The van der Waals surface area contributed by atoms with Crippen molar-refractivity contribution in [3.8, 4) is 0 Å². The van der Waals surface area contributed by atoms with Crippen molar-refractivity contribution in [2.24, 2.45) is 0 Å². The summed E-state index contributed by atoms with van der Waals surface area (Å²) in [5, 5.41) is 9.29. The van der Waals surface area contributed by atoms with Crippen molar-refractivity contribution in [2.45, 2.75) is 84.7 Å². The molecule has 1 N–H and O–H groups in total. The van der Waals surface area contributed by atoms with E-state index in [4.69, 9.17) is 0 Å². The van der Waals surface area contributed by atoms with Gasteiger partial charge in [0, 0.05) is 6.04 Å². The van der Waals surface area contributed by atoms with Crippen LogP contribution in [-0.4, -0.2) is 34.1 Å². The molecule has 0 spiro atoms. The smallest absolute Gasteiger partial charge is 0.323 e. The van der Waals surface area contributed by atoms with Crippen LogP contribution in [0.1, 0.15) is 73.1 Å². The molecule has 0 bridgehead atoms. The van der Waals surface area contributed by atoms with Gasteiger partial charge in [-0.2, -0.15) is 0 Å². The van der Waals surface area contributed by atoms with Crippen LogP contribution < -0.4 is 0 Å². The third kappa shape index (κ3) is 5.38. The van der Waals surface area contributed by atoms with Gasteiger partial charge in [0.2, 0.25) is 0 Å². The summed E-state index contributed by atoms with van der Waals surface area (Å²) in [4.78, 5) is 13.4. The number of carbonyl (C=O) groups is 1. The topological polar surface area (TPSA) is 40.5 Å². The minimum Gasteiger partial charge on any atom is -0.480 e. The van der Waals surface area contributed by atoms with Gasteiger partial charge in [-0.05, 0) is 33.7 Å². The summed E-state index contributed by atoms with van der Waals surface area (Å²) in [6, 6.07) is 0.336. The number of unbranched alkanes of at least 4 members (excludes halogenated alkanes) is 4. The zero-order valence-corrected chi connectivity index (χ0v) is 12.8. The first-order valence-electron chi connectivity index (χ1n) is 7.38. The summed E-state index contributed by atoms with van der Waals surface area (Å²) in [5.74, 6) is -0.734. The second-order valence-electron chi connectivity index (χ2n) is 5.70. The Morgan fingerprint density at radius 3 is 2.17 bits per heavy atom. The molecule has 0 amide bonds. The molecule has 0 aliphatic carbocycles. The summed E-state index contributed by atoms with van der Waals surface area (Å²) in [6.07, 6.45) is 7.44. The van der Waals surface area contributed by atoms with Gasteiger partial charge in [0.05, 0.1) is 0 Å². The predicted molar refractivity (Wildman–Crippen MR) is 76.9 cm³/mol. The molecule has 0 saturated heterocycles. The van der Waals surface area contributed by atoms with E-state index in [0.717, 1.165) is 13.0 Å². The maximum Gasteiger partial charge on any atom is 0.323 e. The maximum absolute atomic E-state index is 11.3. The van der Waals surface area contributed by atoms with Crippen LogP contribution in [0, 0.1) is 0 Å². The molecule has 18 heavy (non-hydrogen) atoms. The van der Waals surface area contributed by atoms with Gasteiger partial charge >= 0.3 is 5.97 Å². The number of likely N-dealkylation sites (N-methyl/N-ethyl adjacent to an activating group) is 1. The molecule has 0 heterocycles. The van der Waals surface area contributed by atoms with E-state index in [1.807, 2.05) is 6.92 Å². The summed E-state index contributed by atoms with van der Waals surface area (Å²) >= 11 is 0. The van der Waals surface area contributed by atoms with E-state index in [9.17, 15) is 9.90 Å². The van der Waals surface area contributed by atoms with Crippen LogP contribution in [0.3, 0.4) is 0 Å². The molecule has 108 valence electrons. The van der Waals surface area contributed by atoms with Crippen LogP contribution in [-0.2, 0) is 4.79 Å². The Balaban J connectivity index is 4.19. The van der Waals surface area contributed by atoms with Crippen LogP contribution in [0.25, 0.3) is 0 Å². The third-order valence-corrected chi connectivity index (χ3v) is 3.84. The Morgan fingerprint density at radius 1 is 1.17 bits per heavy atom. The molecule has 3 heteroatoms. The fourth-order valence-electron chi connectivity index (χ4n) is 2.58. The lowest BCUT2D eigenvalue weighted by atomic mass is 9.98. The average molecular weight is 257 g/mol. The third-order valence-electron chi connectivity index (χ3n) is 3.84. The van der Waals surface area contributed by atoms with Crippen molar-refractivity contribution >= 4 is 5.97 Å². The number of aliphatic carboxylic acids is 1. The highest BCUT2D eigenvalue weighted by Gasteiger charge is 2.35. The monoisotopic (exact) mass is 257 g/mol. The molecular formula is C15H31NO2. The molecule has 1 unspecified atom stereocenters. The van der Waals surface area contributed by atoms with Gasteiger partial charge in [0.1, 0.15) is 5.54 Å². The Morgan fingerprint density at radius 2 is 1.72 bits per heavy atom. The van der Waals surface area contributed by atoms with E-state index in [0.29, 0.717) is 6.04 Å². The van der Waals surface area contributed by atoms with Gasteiger partial charge in [-0.25, -0.2) is 0 Å². The Bertz CT molecular complexity index is 239. The molecular weight excluding hydrogens is 226 g/mol. The van der Waals surface area contributed by atoms with E-state index < -0.39 is 11.5 Å². The molecule has 0 aromatic rings. The van der Waals surface area contributed by atoms with Crippen molar-refractivity contribution in [1.82, 2.24) is 4.90 Å². The first-order chi connectivity index (χ1) is 8.37. The number of carboxylic acid groups (broad SMARTS) is 1. The summed E-state index contributed by atoms with van der Waals surface area (Å²) < 4.78 is 0. The van der Waals surface area contributed by atoms with Crippen molar-refractivity contribution in [3.05, 3.63) is 0 Å². The normalized spacial score (nSPS) is 13.9. The van der Waals surface area contributed by atoms with Crippen molar-refractivity contribution < 1.29 is 9.90 Å². The lowest BCUT2D eigenvalue weighted by Crippen LogP contribution is -2.53. The minimum absolute atomic E-state index is 0.336. The quantitative estimate of drug-likeness (QED) is 0.603. The highest BCUT2D eigenvalue weighted by Crippen LogP contribution is 2.21. The van der Waals surface area contributed by atoms with Crippen molar-refractivity contribution in [3.63, 3.8) is 0 Å². The van der Waals surface area contributed by atoms with E-state index in [-0.39, 0.29) is 0 Å². The van der Waals surface area contributed by atoms with Crippen LogP contribution in [0.5, 0.6) is 0 Å². The van der Waals surface area contributed by atoms with Gasteiger partial charge in [0.25, 0.3) is 0 Å². The minimum atomic E-state index is -0.766. The largest absolute Gasteiger partial charge is 0.480 e. The van der Waals surface area contributed by atoms with Gasteiger partial charge in [-0.3, -0.25) is 9.69 Å². The van der Waals surface area contributed by atoms with Crippen LogP contribution in [0.15, 0.2) is 0 Å². The first kappa shape index (κ1) is 17.4. The molecule has 0 aromatic carbocycles. The van der Waals surface area contributed by atoms with Crippen molar-refractivity contribution in [2.75, 3.05) is 6.54 Å². The van der Waals surface area contributed by atoms with Crippen LogP contribution >= 0.6 is 0 Å². The Labute approximate surface area is 113 Å². The second-order valence-corrected chi connectivity index (χ2v) is 5.70. The molecule has 0 radical (unpaired) electrons. The van der Waals surface area contributed by atoms with Crippen LogP contribution in [0.4, 0.5) is 0 Å². The summed E-state index contributed by atoms with van der Waals surface area (Å²) in [6.45, 7) is 10.8. The van der Waals surface area contributed by atoms with E-state index in [2.05, 4.69) is 18.7 Å². The molecule has 0 rings (SSSR count). The molecule has 0 saturated carbocycles. The molecule has 0 fully saturated rings. The standard InChI is InChI=1S/C15H31NO2/c1-6-8-9-10-11-12-13(3)16(7-2)15(4,5)14(17)18/h13H,6-12H2,1-5H3,(H,17,18). The highest BCUT2D eigenvalue weighted by atomic mass is 16.4. The number of carboxylic acids is 1. The fraction of sp³-hybridized carbons (Fsp3) is 0.933. The Kier molecular flexibility index (Phi) is 8.25. The predicted octanol–water partition coefficient (Wildman–Crippen LogP) is 3.92. The summed E-state index contributed by atoms with van der Waals surface area (Å²) in [5.41, 5.74) is -0.766. The maximum atomic E-state index is 11.3. The fourth-order valence-corrected chi connectivity index (χ4v) is 2.58. The lowest BCUT2D eigenvalue weighted by Gasteiger charge is -2.39.